The minimum absolute atomic E-state index is 0.179. The molecule has 21 heavy (non-hydrogen) atoms. The van der Waals surface area contributed by atoms with Gasteiger partial charge in [-0.2, -0.15) is 0 Å². The standard InChI is InChI=1S/C17H22N2OS/c1-4-21(17(20)14-9-5-6-10-14)13-19(3)16-12-8-7-11-15(16)18-2/h5-9,11-12,20H,2,4,10,13H2,1,3H3. The van der Waals surface area contributed by atoms with Gasteiger partial charge in [-0.05, 0) is 36.6 Å². The molecule has 112 valence electrons. The predicted molar refractivity (Wildman–Crippen MR) is 96.5 cm³/mol. The fourth-order valence-electron chi connectivity index (χ4n) is 2.30. The molecule has 1 aliphatic carbocycles. The van der Waals surface area contributed by atoms with Crippen molar-refractivity contribution in [2.45, 2.75) is 13.3 Å². The van der Waals surface area contributed by atoms with Gasteiger partial charge in [0.25, 0.3) is 0 Å². The van der Waals surface area contributed by atoms with E-state index in [1.165, 1.54) is 0 Å². The lowest BCUT2D eigenvalue weighted by Crippen LogP contribution is -2.20. The second-order valence-electron chi connectivity index (χ2n) is 4.88. The Morgan fingerprint density at radius 3 is 2.81 bits per heavy atom. The van der Waals surface area contributed by atoms with Crippen LogP contribution in [0.2, 0.25) is 0 Å². The van der Waals surface area contributed by atoms with E-state index in [0.717, 1.165) is 35.0 Å². The number of aliphatic hydroxyl groups is 1. The fourth-order valence-corrected chi connectivity index (χ4v) is 4.01. The number of aliphatic hydroxyl groups excluding tert-OH is 1. The molecule has 4 heteroatoms. The number of anilines is 1. The normalized spacial score (nSPS) is 15.6. The van der Waals surface area contributed by atoms with Crippen LogP contribution < -0.4 is 4.90 Å². The van der Waals surface area contributed by atoms with Crippen LogP contribution in [-0.4, -0.2) is 35.6 Å². The number of benzene rings is 1. The van der Waals surface area contributed by atoms with E-state index in [4.69, 9.17) is 0 Å². The molecule has 2 rings (SSSR count). The fraction of sp³-hybridized carbons (Fsp3) is 0.294. The van der Waals surface area contributed by atoms with Crippen molar-refractivity contribution < 1.29 is 5.11 Å². The smallest absolute Gasteiger partial charge is 0.101 e. The lowest BCUT2D eigenvalue weighted by molar-refractivity contribution is 0.567. The number of allylic oxidation sites excluding steroid dienone is 3. The molecule has 0 aromatic heterocycles. The molecule has 0 amide bonds. The number of hydrogen-bond donors (Lipinski definition) is 1. The molecule has 1 N–H and O–H groups in total. The Morgan fingerprint density at radius 2 is 2.19 bits per heavy atom. The molecule has 0 spiro atoms. The van der Waals surface area contributed by atoms with E-state index >= 15 is 0 Å². The van der Waals surface area contributed by atoms with Crippen LogP contribution in [0.4, 0.5) is 11.4 Å². The van der Waals surface area contributed by atoms with Gasteiger partial charge in [-0.1, -0.05) is 37.3 Å². The Morgan fingerprint density at radius 1 is 1.43 bits per heavy atom. The van der Waals surface area contributed by atoms with Gasteiger partial charge in [-0.3, -0.25) is 4.99 Å². The van der Waals surface area contributed by atoms with Crippen LogP contribution in [0.3, 0.4) is 0 Å². The van der Waals surface area contributed by atoms with Gasteiger partial charge in [0.2, 0.25) is 0 Å². The van der Waals surface area contributed by atoms with E-state index in [1.54, 1.807) is 0 Å². The highest BCUT2D eigenvalue weighted by atomic mass is 32.2. The van der Waals surface area contributed by atoms with Crippen LogP contribution in [0, 0.1) is 0 Å². The first kappa shape index (κ1) is 15.7. The van der Waals surface area contributed by atoms with Crippen molar-refractivity contribution in [2.75, 3.05) is 23.6 Å². The van der Waals surface area contributed by atoms with Crippen LogP contribution in [0.15, 0.2) is 53.1 Å². The van der Waals surface area contributed by atoms with Crippen molar-refractivity contribution >= 4 is 33.6 Å². The van der Waals surface area contributed by atoms with Gasteiger partial charge in [-0.15, -0.1) is 10.5 Å². The van der Waals surface area contributed by atoms with Gasteiger partial charge in [0, 0.05) is 7.05 Å². The molecule has 1 aliphatic rings. The maximum Gasteiger partial charge on any atom is 0.101 e. The van der Waals surface area contributed by atoms with Crippen molar-refractivity contribution in [3.8, 4) is 0 Å². The summed E-state index contributed by atoms with van der Waals surface area (Å²) in [5.74, 6) is 1.71. The number of aliphatic imine (C=N–C) groups is 1. The minimum Gasteiger partial charge on any atom is -0.364 e. The van der Waals surface area contributed by atoms with Crippen molar-refractivity contribution in [1.29, 1.82) is 0 Å². The summed E-state index contributed by atoms with van der Waals surface area (Å²) < 4.78 is 0. The Bertz CT molecular complexity index is 617. The molecule has 0 saturated heterocycles. The Balaban J connectivity index is 2.22. The largest absolute Gasteiger partial charge is 0.364 e. The molecular formula is C17H22N2OS. The molecular weight excluding hydrogens is 280 g/mol. The highest BCUT2D eigenvalue weighted by Crippen LogP contribution is 2.30. The quantitative estimate of drug-likeness (QED) is 0.629. The van der Waals surface area contributed by atoms with Crippen molar-refractivity contribution in [3.05, 3.63) is 48.1 Å². The number of rotatable bonds is 6. The van der Waals surface area contributed by atoms with Crippen molar-refractivity contribution in [2.24, 2.45) is 4.99 Å². The topological polar surface area (TPSA) is 35.8 Å². The van der Waals surface area contributed by atoms with Crippen molar-refractivity contribution in [3.63, 3.8) is 0 Å². The third kappa shape index (κ3) is 3.71. The predicted octanol–water partition coefficient (Wildman–Crippen LogP) is 4.28. The van der Waals surface area contributed by atoms with Crippen molar-refractivity contribution in [1.82, 2.24) is 0 Å². The summed E-state index contributed by atoms with van der Waals surface area (Å²) in [6.45, 7) is 5.74. The van der Waals surface area contributed by atoms with Gasteiger partial charge < -0.3 is 10.0 Å². The van der Waals surface area contributed by atoms with E-state index in [9.17, 15) is 5.11 Å². The van der Waals surface area contributed by atoms with Gasteiger partial charge in [0.05, 0.1) is 17.3 Å². The maximum atomic E-state index is 10.5. The maximum absolute atomic E-state index is 10.5. The molecule has 0 bridgehead atoms. The Labute approximate surface area is 129 Å². The first-order valence-electron chi connectivity index (χ1n) is 7.03. The summed E-state index contributed by atoms with van der Waals surface area (Å²) >= 11 is 0. The van der Waals surface area contributed by atoms with E-state index in [0.29, 0.717) is 5.05 Å². The van der Waals surface area contributed by atoms with E-state index < -0.39 is 0 Å². The van der Waals surface area contributed by atoms with Gasteiger partial charge in [0.1, 0.15) is 5.05 Å². The van der Waals surface area contributed by atoms with Gasteiger partial charge in [-0.25, -0.2) is 0 Å². The molecule has 0 radical (unpaired) electrons. The monoisotopic (exact) mass is 302 g/mol. The zero-order chi connectivity index (χ0) is 15.2. The Hall–Kier alpha value is -1.65. The minimum atomic E-state index is -0.179. The van der Waals surface area contributed by atoms with Crippen LogP contribution in [-0.2, 0) is 0 Å². The summed E-state index contributed by atoms with van der Waals surface area (Å²) in [6, 6.07) is 7.95. The summed E-state index contributed by atoms with van der Waals surface area (Å²) in [5, 5.41) is 11.0. The molecule has 0 heterocycles. The average molecular weight is 302 g/mol. The third-order valence-corrected chi connectivity index (χ3v) is 5.69. The summed E-state index contributed by atoms with van der Waals surface area (Å²) in [6.07, 6.45) is 6.92. The lowest BCUT2D eigenvalue weighted by Gasteiger charge is -2.24. The van der Waals surface area contributed by atoms with Crippen LogP contribution in [0.25, 0.3) is 0 Å². The Kier molecular flexibility index (Phi) is 5.53. The van der Waals surface area contributed by atoms with E-state index in [1.807, 2.05) is 43.5 Å². The highest BCUT2D eigenvalue weighted by molar-refractivity contribution is 8.16. The van der Waals surface area contributed by atoms with Crippen LogP contribution >= 0.6 is 10.5 Å². The molecule has 1 unspecified atom stereocenters. The van der Waals surface area contributed by atoms with E-state index in [-0.39, 0.29) is 10.5 Å². The van der Waals surface area contributed by atoms with Gasteiger partial charge in [0.15, 0.2) is 0 Å². The second-order valence-corrected chi connectivity index (χ2v) is 7.09. The first-order valence-corrected chi connectivity index (χ1v) is 8.60. The second kappa shape index (κ2) is 7.38. The number of hydrogen-bond acceptors (Lipinski definition) is 2. The summed E-state index contributed by atoms with van der Waals surface area (Å²) in [7, 11) is 1.86. The molecule has 0 aliphatic heterocycles. The van der Waals surface area contributed by atoms with E-state index in [2.05, 4.69) is 29.6 Å². The summed E-state index contributed by atoms with van der Waals surface area (Å²) in [4.78, 5) is 6.22. The van der Waals surface area contributed by atoms with Gasteiger partial charge >= 0.3 is 0 Å². The zero-order valence-electron chi connectivity index (χ0n) is 12.6. The molecule has 1 aromatic rings. The highest BCUT2D eigenvalue weighted by Gasteiger charge is 2.12. The van der Waals surface area contributed by atoms with Crippen LogP contribution in [0.1, 0.15) is 13.3 Å². The molecule has 0 saturated carbocycles. The SMILES string of the molecule is C=Nc1ccccc1N(C)CS(CC)=C(O)C1=CC=CC1. The van der Waals surface area contributed by atoms with Crippen LogP contribution in [0.5, 0.6) is 0 Å². The lowest BCUT2D eigenvalue weighted by atomic mass is 10.2. The third-order valence-electron chi connectivity index (χ3n) is 3.48. The first-order chi connectivity index (χ1) is 10.2. The molecule has 3 nitrogen and oxygen atoms in total. The number of nitrogens with zero attached hydrogens (tertiary/aromatic N) is 2. The average Bonchev–Trinajstić information content (AvgIpc) is 3.06. The molecule has 0 fully saturated rings. The summed E-state index contributed by atoms with van der Waals surface area (Å²) in [5.41, 5.74) is 2.97. The molecule has 1 aromatic carbocycles. The zero-order valence-corrected chi connectivity index (χ0v) is 13.4. The molecule has 1 atom stereocenters. The number of para-hydroxylation sites is 2.